The molecule has 3 aromatic carbocycles. The van der Waals surface area contributed by atoms with Gasteiger partial charge in [0, 0.05) is 21.4 Å². The second-order valence-electron chi connectivity index (χ2n) is 5.80. The maximum absolute atomic E-state index is 13.2. The molecule has 0 saturated carbocycles. The van der Waals surface area contributed by atoms with Gasteiger partial charge in [-0.05, 0) is 48.0 Å². The van der Waals surface area contributed by atoms with Crippen LogP contribution in [0.4, 0.5) is 11.4 Å². The summed E-state index contributed by atoms with van der Waals surface area (Å²) in [4.78, 5) is 14.9. The molecule has 0 spiro atoms. The molecule has 1 heterocycles. The van der Waals surface area contributed by atoms with E-state index in [-0.39, 0.29) is 12.1 Å². The Kier molecular flexibility index (Phi) is 4.12. The minimum absolute atomic E-state index is 0.0819. The lowest BCUT2D eigenvalue weighted by molar-refractivity contribution is 0.0975. The highest BCUT2D eigenvalue weighted by atomic mass is 35.5. The first-order valence-electron chi connectivity index (χ1n) is 7.83. The van der Waals surface area contributed by atoms with E-state index >= 15 is 0 Å². The number of amides is 1. The Morgan fingerprint density at radius 3 is 2.32 bits per heavy atom. The summed E-state index contributed by atoms with van der Waals surface area (Å²) in [6.45, 7) is 0. The summed E-state index contributed by atoms with van der Waals surface area (Å²) in [6, 6.07) is 22.3. The van der Waals surface area contributed by atoms with E-state index in [9.17, 15) is 4.79 Å². The number of carbonyl (C=O) groups is 1. The fourth-order valence-corrected chi connectivity index (χ4v) is 3.44. The summed E-state index contributed by atoms with van der Waals surface area (Å²) >= 11 is 12.3. The second-order valence-corrected chi connectivity index (χ2v) is 6.68. The zero-order chi connectivity index (χ0) is 17.4. The molecule has 1 atom stereocenters. The summed E-state index contributed by atoms with van der Waals surface area (Å²) < 4.78 is 0. The summed E-state index contributed by atoms with van der Waals surface area (Å²) in [5.74, 6) is -0.0819. The molecule has 1 amide bonds. The molecule has 124 valence electrons. The standard InChI is InChI=1S/C20H14Cl2N2O/c21-14-6-3-5-13(11-14)19-23-18-10-2-1-9-17(18)20(25)24(19)16-8-4-7-15(22)12-16/h1-12,19,23H. The maximum atomic E-state index is 13.2. The largest absolute Gasteiger partial charge is 0.360 e. The van der Waals surface area contributed by atoms with Crippen molar-refractivity contribution in [3.05, 3.63) is 94.0 Å². The van der Waals surface area contributed by atoms with E-state index in [1.54, 1.807) is 17.0 Å². The van der Waals surface area contributed by atoms with Gasteiger partial charge in [-0.1, -0.05) is 53.5 Å². The summed E-state index contributed by atoms with van der Waals surface area (Å²) in [5, 5.41) is 4.64. The maximum Gasteiger partial charge on any atom is 0.262 e. The molecule has 1 aliphatic heterocycles. The van der Waals surface area contributed by atoms with Crippen molar-refractivity contribution in [2.24, 2.45) is 0 Å². The normalized spacial score (nSPS) is 16.3. The Morgan fingerprint density at radius 1 is 0.840 bits per heavy atom. The summed E-state index contributed by atoms with van der Waals surface area (Å²) in [7, 11) is 0. The first-order valence-corrected chi connectivity index (χ1v) is 8.59. The number of rotatable bonds is 2. The lowest BCUT2D eigenvalue weighted by Gasteiger charge is -2.38. The fraction of sp³-hybridized carbons (Fsp3) is 0.0500. The van der Waals surface area contributed by atoms with E-state index in [1.807, 2.05) is 60.7 Å². The van der Waals surface area contributed by atoms with E-state index < -0.39 is 0 Å². The van der Waals surface area contributed by atoms with E-state index in [2.05, 4.69) is 5.32 Å². The molecule has 0 bridgehead atoms. The monoisotopic (exact) mass is 368 g/mol. The lowest BCUT2D eigenvalue weighted by atomic mass is 10.0. The molecule has 1 N–H and O–H groups in total. The Bertz CT molecular complexity index is 958. The summed E-state index contributed by atoms with van der Waals surface area (Å²) in [6.07, 6.45) is -0.375. The molecule has 0 radical (unpaired) electrons. The van der Waals surface area contributed by atoms with Gasteiger partial charge in [0.25, 0.3) is 5.91 Å². The second kappa shape index (κ2) is 6.43. The highest BCUT2D eigenvalue weighted by Gasteiger charge is 2.34. The number of nitrogens with zero attached hydrogens (tertiary/aromatic N) is 1. The van der Waals surface area contributed by atoms with Crippen LogP contribution in [0.1, 0.15) is 22.1 Å². The average Bonchev–Trinajstić information content (AvgIpc) is 2.61. The fourth-order valence-electron chi connectivity index (χ4n) is 3.06. The molecular weight excluding hydrogens is 355 g/mol. The molecule has 25 heavy (non-hydrogen) atoms. The van der Waals surface area contributed by atoms with Crippen LogP contribution in [0.15, 0.2) is 72.8 Å². The number of benzene rings is 3. The third kappa shape index (κ3) is 2.97. The number of fused-ring (bicyclic) bond motifs is 1. The Labute approximate surface area is 155 Å². The molecule has 0 aromatic heterocycles. The highest BCUT2D eigenvalue weighted by Crippen LogP contribution is 2.37. The SMILES string of the molecule is O=C1c2ccccc2NC(c2cccc(Cl)c2)N1c1cccc(Cl)c1. The predicted molar refractivity (Wildman–Crippen MR) is 103 cm³/mol. The lowest BCUT2D eigenvalue weighted by Crippen LogP contribution is -2.43. The highest BCUT2D eigenvalue weighted by molar-refractivity contribution is 6.31. The Balaban J connectivity index is 1.88. The van der Waals surface area contributed by atoms with Crippen molar-refractivity contribution in [3.63, 3.8) is 0 Å². The molecular formula is C20H14Cl2N2O. The van der Waals surface area contributed by atoms with Gasteiger partial charge in [0.1, 0.15) is 6.17 Å². The molecule has 3 nitrogen and oxygen atoms in total. The minimum Gasteiger partial charge on any atom is -0.360 e. The Morgan fingerprint density at radius 2 is 1.56 bits per heavy atom. The number of anilines is 2. The molecule has 1 unspecified atom stereocenters. The van der Waals surface area contributed by atoms with Crippen molar-refractivity contribution in [2.75, 3.05) is 10.2 Å². The van der Waals surface area contributed by atoms with Crippen molar-refractivity contribution >= 4 is 40.5 Å². The molecule has 5 heteroatoms. The van der Waals surface area contributed by atoms with Crippen molar-refractivity contribution in [3.8, 4) is 0 Å². The van der Waals surface area contributed by atoms with Crippen LogP contribution in [0.2, 0.25) is 10.0 Å². The molecule has 0 fully saturated rings. The number of carbonyl (C=O) groups excluding carboxylic acids is 1. The number of para-hydroxylation sites is 1. The minimum atomic E-state index is -0.375. The first-order chi connectivity index (χ1) is 12.1. The van der Waals surface area contributed by atoms with Crippen molar-refractivity contribution in [1.82, 2.24) is 0 Å². The number of nitrogens with one attached hydrogen (secondary N) is 1. The van der Waals surface area contributed by atoms with Gasteiger partial charge in [-0.2, -0.15) is 0 Å². The third-order valence-corrected chi connectivity index (χ3v) is 4.65. The average molecular weight is 369 g/mol. The molecule has 0 aliphatic carbocycles. The smallest absolute Gasteiger partial charge is 0.262 e. The van der Waals surface area contributed by atoms with Gasteiger partial charge >= 0.3 is 0 Å². The molecule has 0 saturated heterocycles. The van der Waals surface area contributed by atoms with E-state index in [0.717, 1.165) is 16.9 Å². The topological polar surface area (TPSA) is 32.3 Å². The summed E-state index contributed by atoms with van der Waals surface area (Å²) in [5.41, 5.74) is 3.05. The van der Waals surface area contributed by atoms with Gasteiger partial charge in [0.05, 0.1) is 5.56 Å². The van der Waals surface area contributed by atoms with Gasteiger partial charge in [-0.15, -0.1) is 0 Å². The quantitative estimate of drug-likeness (QED) is 0.623. The third-order valence-electron chi connectivity index (χ3n) is 4.18. The zero-order valence-corrected chi connectivity index (χ0v) is 14.6. The molecule has 1 aliphatic rings. The molecule has 3 aromatic rings. The van der Waals surface area contributed by atoms with Crippen LogP contribution in [0, 0.1) is 0 Å². The predicted octanol–water partition coefficient (Wildman–Crippen LogP) is 5.76. The van der Waals surface area contributed by atoms with Crippen LogP contribution in [-0.4, -0.2) is 5.91 Å². The van der Waals surface area contributed by atoms with Gasteiger partial charge in [-0.3, -0.25) is 9.69 Å². The van der Waals surface area contributed by atoms with Crippen LogP contribution in [0.5, 0.6) is 0 Å². The van der Waals surface area contributed by atoms with Crippen LogP contribution >= 0.6 is 23.2 Å². The van der Waals surface area contributed by atoms with Gasteiger partial charge in [0.15, 0.2) is 0 Å². The van der Waals surface area contributed by atoms with Crippen molar-refractivity contribution < 1.29 is 4.79 Å². The van der Waals surface area contributed by atoms with Crippen molar-refractivity contribution in [2.45, 2.75) is 6.17 Å². The number of hydrogen-bond acceptors (Lipinski definition) is 2. The number of hydrogen-bond donors (Lipinski definition) is 1. The van der Waals surface area contributed by atoms with E-state index in [4.69, 9.17) is 23.2 Å². The first kappa shape index (κ1) is 16.0. The van der Waals surface area contributed by atoms with Crippen LogP contribution in [-0.2, 0) is 0 Å². The number of halogens is 2. The van der Waals surface area contributed by atoms with Crippen LogP contribution in [0.25, 0.3) is 0 Å². The van der Waals surface area contributed by atoms with E-state index in [0.29, 0.717) is 15.6 Å². The van der Waals surface area contributed by atoms with Gasteiger partial charge < -0.3 is 5.32 Å². The zero-order valence-electron chi connectivity index (χ0n) is 13.1. The van der Waals surface area contributed by atoms with Crippen LogP contribution < -0.4 is 10.2 Å². The Hall–Kier alpha value is -2.49. The van der Waals surface area contributed by atoms with Crippen LogP contribution in [0.3, 0.4) is 0 Å². The van der Waals surface area contributed by atoms with Crippen molar-refractivity contribution in [1.29, 1.82) is 0 Å². The van der Waals surface area contributed by atoms with E-state index in [1.165, 1.54) is 0 Å². The van der Waals surface area contributed by atoms with Gasteiger partial charge in [0.2, 0.25) is 0 Å². The van der Waals surface area contributed by atoms with Gasteiger partial charge in [-0.25, -0.2) is 0 Å². The molecule has 4 rings (SSSR count).